The molecule has 1 aromatic rings. The first-order chi connectivity index (χ1) is 9.34. The molecule has 1 atom stereocenters. The summed E-state index contributed by atoms with van der Waals surface area (Å²) in [4.78, 5) is 12.6. The van der Waals surface area contributed by atoms with Crippen LogP contribution in [0.1, 0.15) is 32.3 Å². The summed E-state index contributed by atoms with van der Waals surface area (Å²) in [6.07, 6.45) is 1.82. The summed E-state index contributed by atoms with van der Waals surface area (Å²) < 4.78 is 6.13. The molecule has 0 aliphatic heterocycles. The third-order valence-corrected chi connectivity index (χ3v) is 4.96. The molecule has 4 heteroatoms. The van der Waals surface area contributed by atoms with Gasteiger partial charge in [0, 0.05) is 9.89 Å². The number of carbonyl (C=O) groups is 1. The third-order valence-electron chi connectivity index (χ3n) is 4.19. The van der Waals surface area contributed by atoms with E-state index in [4.69, 9.17) is 4.74 Å². The predicted octanol–water partition coefficient (Wildman–Crippen LogP) is 3.90. The minimum Gasteiger partial charge on any atom is -0.497 e. The highest BCUT2D eigenvalue weighted by atomic mass is 79.9. The highest BCUT2D eigenvalue weighted by Crippen LogP contribution is 2.48. The van der Waals surface area contributed by atoms with Crippen LogP contribution in [-0.2, 0) is 11.2 Å². The number of benzene rings is 1. The molecule has 1 unspecified atom stereocenters. The van der Waals surface area contributed by atoms with Crippen LogP contribution in [0.4, 0.5) is 0 Å². The zero-order chi connectivity index (χ0) is 15.0. The number of nitriles is 1. The molecule has 1 aliphatic rings. The molecule has 0 bridgehead atoms. The van der Waals surface area contributed by atoms with Gasteiger partial charge in [0.1, 0.15) is 11.2 Å². The van der Waals surface area contributed by atoms with Crippen LogP contribution in [0.2, 0.25) is 0 Å². The summed E-state index contributed by atoms with van der Waals surface area (Å²) in [5.41, 5.74) is -0.364. The van der Waals surface area contributed by atoms with Gasteiger partial charge in [-0.3, -0.25) is 4.79 Å². The number of methoxy groups -OCH3 is 1. The fourth-order valence-corrected chi connectivity index (χ4v) is 3.24. The van der Waals surface area contributed by atoms with Crippen molar-refractivity contribution in [2.45, 2.75) is 33.1 Å². The van der Waals surface area contributed by atoms with Crippen molar-refractivity contribution in [1.29, 1.82) is 5.26 Å². The normalized spacial score (nSPS) is 24.4. The molecule has 1 fully saturated rings. The van der Waals surface area contributed by atoms with E-state index in [2.05, 4.69) is 22.0 Å². The molecule has 20 heavy (non-hydrogen) atoms. The maximum Gasteiger partial charge on any atom is 0.158 e. The number of ketones is 1. The minimum atomic E-state index is -0.904. The first-order valence-electron chi connectivity index (χ1n) is 6.63. The van der Waals surface area contributed by atoms with Crippen LogP contribution in [-0.4, -0.2) is 12.9 Å². The average molecular weight is 336 g/mol. The Bertz CT molecular complexity index is 589. The lowest BCUT2D eigenvalue weighted by atomic mass is 9.77. The van der Waals surface area contributed by atoms with Crippen molar-refractivity contribution in [2.24, 2.45) is 10.8 Å². The predicted molar refractivity (Wildman–Crippen MR) is 80.5 cm³/mol. The largest absolute Gasteiger partial charge is 0.497 e. The summed E-state index contributed by atoms with van der Waals surface area (Å²) in [6, 6.07) is 7.92. The number of Topliss-reactive ketones (excluding diaryl/α,β-unsaturated/α-hetero) is 1. The highest BCUT2D eigenvalue weighted by Gasteiger charge is 2.52. The Hall–Kier alpha value is -1.34. The van der Waals surface area contributed by atoms with E-state index in [9.17, 15) is 10.1 Å². The van der Waals surface area contributed by atoms with E-state index in [0.717, 1.165) is 22.2 Å². The topological polar surface area (TPSA) is 50.1 Å². The van der Waals surface area contributed by atoms with Crippen molar-refractivity contribution < 1.29 is 9.53 Å². The van der Waals surface area contributed by atoms with Crippen molar-refractivity contribution in [1.82, 2.24) is 0 Å². The first-order valence-corrected chi connectivity index (χ1v) is 7.42. The fraction of sp³-hybridized carbons (Fsp3) is 0.500. The van der Waals surface area contributed by atoms with E-state index < -0.39 is 10.8 Å². The summed E-state index contributed by atoms with van der Waals surface area (Å²) in [7, 11) is 1.61. The van der Waals surface area contributed by atoms with Gasteiger partial charge in [-0.25, -0.2) is 0 Å². The van der Waals surface area contributed by atoms with E-state index in [1.807, 2.05) is 32.0 Å². The maximum atomic E-state index is 12.6. The molecule has 1 saturated carbocycles. The van der Waals surface area contributed by atoms with E-state index in [1.54, 1.807) is 7.11 Å². The van der Waals surface area contributed by atoms with Crippen LogP contribution < -0.4 is 4.74 Å². The summed E-state index contributed by atoms with van der Waals surface area (Å²) in [6.45, 7) is 3.85. The second-order valence-electron chi connectivity index (χ2n) is 6.04. The average Bonchev–Trinajstić information content (AvgIpc) is 2.66. The molecular weight excluding hydrogens is 318 g/mol. The van der Waals surface area contributed by atoms with Gasteiger partial charge >= 0.3 is 0 Å². The van der Waals surface area contributed by atoms with Crippen LogP contribution in [0.15, 0.2) is 22.7 Å². The van der Waals surface area contributed by atoms with E-state index >= 15 is 0 Å². The lowest BCUT2D eigenvalue weighted by Crippen LogP contribution is -2.33. The Labute approximate surface area is 128 Å². The van der Waals surface area contributed by atoms with Crippen molar-refractivity contribution in [2.75, 3.05) is 7.11 Å². The van der Waals surface area contributed by atoms with Gasteiger partial charge in [-0.15, -0.1) is 0 Å². The lowest BCUT2D eigenvalue weighted by molar-refractivity contribution is -0.130. The molecule has 1 aliphatic carbocycles. The van der Waals surface area contributed by atoms with Gasteiger partial charge in [0.15, 0.2) is 5.78 Å². The first kappa shape index (κ1) is 15.1. The zero-order valence-electron chi connectivity index (χ0n) is 12.0. The van der Waals surface area contributed by atoms with E-state index in [-0.39, 0.29) is 5.78 Å². The Balaban J connectivity index is 2.38. The van der Waals surface area contributed by atoms with Crippen molar-refractivity contribution in [3.8, 4) is 11.8 Å². The van der Waals surface area contributed by atoms with Crippen LogP contribution in [0.5, 0.6) is 5.75 Å². The lowest BCUT2D eigenvalue weighted by Gasteiger charge is -2.23. The van der Waals surface area contributed by atoms with E-state index in [0.29, 0.717) is 12.8 Å². The molecule has 0 heterocycles. The zero-order valence-corrected chi connectivity index (χ0v) is 13.6. The number of hydrogen-bond acceptors (Lipinski definition) is 3. The molecule has 0 spiro atoms. The van der Waals surface area contributed by atoms with E-state index in [1.165, 1.54) is 0 Å². The highest BCUT2D eigenvalue weighted by molar-refractivity contribution is 9.10. The monoisotopic (exact) mass is 335 g/mol. The summed E-state index contributed by atoms with van der Waals surface area (Å²) in [5, 5.41) is 9.58. The molecule has 0 saturated heterocycles. The SMILES string of the molecule is COc1ccc(Br)c(CC2(C#N)CCC(C)(C)C2=O)c1. The van der Waals surface area contributed by atoms with Crippen LogP contribution in [0.25, 0.3) is 0 Å². The molecule has 0 amide bonds. The van der Waals surface area contributed by atoms with Gasteiger partial charge in [-0.1, -0.05) is 29.8 Å². The Morgan fingerprint density at radius 2 is 2.10 bits per heavy atom. The quantitative estimate of drug-likeness (QED) is 0.841. The van der Waals surface area contributed by atoms with Crippen LogP contribution in [0.3, 0.4) is 0 Å². The van der Waals surface area contributed by atoms with Gasteiger partial charge in [0.25, 0.3) is 0 Å². The second-order valence-corrected chi connectivity index (χ2v) is 6.90. The standard InChI is InChI=1S/C16H18BrNO2/c1-15(2)6-7-16(10-18,14(15)19)9-11-8-12(20-3)4-5-13(11)17/h4-5,8H,6-7,9H2,1-3H3. The Morgan fingerprint density at radius 3 is 2.60 bits per heavy atom. The van der Waals surface area contributed by atoms with Crippen LogP contribution >= 0.6 is 15.9 Å². The Morgan fingerprint density at radius 1 is 1.40 bits per heavy atom. The number of carbonyl (C=O) groups excluding carboxylic acids is 1. The van der Waals surface area contributed by atoms with Crippen molar-refractivity contribution in [3.05, 3.63) is 28.2 Å². The van der Waals surface area contributed by atoms with Crippen molar-refractivity contribution >= 4 is 21.7 Å². The molecule has 3 nitrogen and oxygen atoms in total. The van der Waals surface area contributed by atoms with Gasteiger partial charge < -0.3 is 4.74 Å². The molecule has 0 radical (unpaired) electrons. The molecular formula is C16H18BrNO2. The summed E-state index contributed by atoms with van der Waals surface area (Å²) in [5.74, 6) is 0.795. The number of hydrogen-bond donors (Lipinski definition) is 0. The van der Waals surface area contributed by atoms with Gasteiger partial charge in [-0.05, 0) is 43.0 Å². The van der Waals surface area contributed by atoms with Crippen molar-refractivity contribution in [3.63, 3.8) is 0 Å². The van der Waals surface area contributed by atoms with Gasteiger partial charge in [-0.2, -0.15) is 5.26 Å². The van der Waals surface area contributed by atoms with Gasteiger partial charge in [0.05, 0.1) is 13.2 Å². The van der Waals surface area contributed by atoms with Crippen LogP contribution in [0, 0.1) is 22.2 Å². The number of rotatable bonds is 3. The number of nitrogens with zero attached hydrogens (tertiary/aromatic N) is 1. The Kier molecular flexibility index (Phi) is 3.93. The molecule has 0 aromatic heterocycles. The minimum absolute atomic E-state index is 0.0576. The van der Waals surface area contributed by atoms with Gasteiger partial charge in [0.2, 0.25) is 0 Å². The molecule has 1 aromatic carbocycles. The molecule has 106 valence electrons. The second kappa shape index (κ2) is 5.21. The smallest absolute Gasteiger partial charge is 0.158 e. The number of halogens is 1. The molecule has 0 N–H and O–H groups in total. The maximum absolute atomic E-state index is 12.6. The fourth-order valence-electron chi connectivity index (χ4n) is 2.85. The summed E-state index contributed by atoms with van der Waals surface area (Å²) >= 11 is 3.49. The third kappa shape index (κ3) is 2.47. The molecule has 2 rings (SSSR count). The number of ether oxygens (including phenoxy) is 1.